The highest BCUT2D eigenvalue weighted by Gasteiger charge is 2.13. The van der Waals surface area contributed by atoms with Gasteiger partial charge in [-0.3, -0.25) is 0 Å². The fraction of sp³-hybridized carbons (Fsp3) is 0. The Kier molecular flexibility index (Phi) is 2.90. The van der Waals surface area contributed by atoms with Gasteiger partial charge in [-0.2, -0.15) is 0 Å². The maximum atomic E-state index is 6.08. The Balaban J connectivity index is 2.22. The largest absolute Gasteiger partial charge is 0.418 e. The molecule has 0 aliphatic carbocycles. The third-order valence-corrected chi connectivity index (χ3v) is 3.14. The predicted octanol–water partition coefficient (Wildman–Crippen LogP) is 4.85. The number of hydrogen-bond acceptors (Lipinski definition) is 3. The van der Waals surface area contributed by atoms with Crippen molar-refractivity contribution < 1.29 is 4.42 Å². The lowest BCUT2D eigenvalue weighted by molar-refractivity contribution is 0.608. The normalized spacial score (nSPS) is 11.1. The summed E-state index contributed by atoms with van der Waals surface area (Å²) in [6.45, 7) is 0. The van der Waals surface area contributed by atoms with Crippen molar-refractivity contribution in [3.05, 3.63) is 45.5 Å². The van der Waals surface area contributed by atoms with Crippen molar-refractivity contribution in [2.45, 2.75) is 0 Å². The minimum atomic E-state index is 0.368. The second-order valence-electron chi connectivity index (χ2n) is 3.62. The summed E-state index contributed by atoms with van der Waals surface area (Å²) in [7, 11) is 0. The average molecular weight is 300 g/mol. The van der Waals surface area contributed by atoms with E-state index in [2.05, 4.69) is 9.97 Å². The molecule has 0 saturated carbocycles. The molecule has 0 N–H and O–H groups in total. The van der Waals surface area contributed by atoms with Crippen molar-refractivity contribution in [1.29, 1.82) is 0 Å². The van der Waals surface area contributed by atoms with Crippen molar-refractivity contribution in [3.63, 3.8) is 0 Å². The fourth-order valence-corrected chi connectivity index (χ4v) is 2.10. The van der Waals surface area contributed by atoms with E-state index in [9.17, 15) is 0 Å². The summed E-state index contributed by atoms with van der Waals surface area (Å²) in [6, 6.07) is 6.76. The second kappa shape index (κ2) is 4.43. The number of oxazole rings is 1. The van der Waals surface area contributed by atoms with E-state index < -0.39 is 0 Å². The van der Waals surface area contributed by atoms with Crippen LogP contribution >= 0.6 is 34.8 Å². The van der Waals surface area contributed by atoms with Crippen LogP contribution in [-0.2, 0) is 0 Å². The maximum absolute atomic E-state index is 6.08. The van der Waals surface area contributed by atoms with Crippen LogP contribution in [0.1, 0.15) is 0 Å². The summed E-state index contributed by atoms with van der Waals surface area (Å²) < 4.78 is 5.52. The molecular weight excluding hydrogens is 295 g/mol. The number of benzene rings is 1. The average Bonchev–Trinajstić information content (AvgIpc) is 2.74. The summed E-state index contributed by atoms with van der Waals surface area (Å²) in [5, 5.41) is 1.57. The Morgan fingerprint density at radius 3 is 2.67 bits per heavy atom. The highest BCUT2D eigenvalue weighted by Crippen LogP contribution is 2.32. The lowest BCUT2D eigenvalue weighted by atomic mass is 10.2. The molecule has 0 saturated heterocycles. The quantitative estimate of drug-likeness (QED) is 0.644. The molecule has 2 aromatic heterocycles. The predicted molar refractivity (Wildman–Crippen MR) is 72.3 cm³/mol. The van der Waals surface area contributed by atoms with E-state index in [0.29, 0.717) is 37.8 Å². The first-order valence-corrected chi connectivity index (χ1v) is 6.14. The Hall–Kier alpha value is -1.29. The molecule has 2 heterocycles. The van der Waals surface area contributed by atoms with E-state index in [0.717, 1.165) is 0 Å². The first-order valence-electron chi connectivity index (χ1n) is 5.01. The Morgan fingerprint density at radius 2 is 1.83 bits per heavy atom. The summed E-state index contributed by atoms with van der Waals surface area (Å²) >= 11 is 17.8. The van der Waals surface area contributed by atoms with Gasteiger partial charge in [0.05, 0.1) is 15.6 Å². The molecule has 1 aromatic carbocycles. The van der Waals surface area contributed by atoms with Gasteiger partial charge in [0.25, 0.3) is 0 Å². The first-order chi connectivity index (χ1) is 8.63. The van der Waals surface area contributed by atoms with Gasteiger partial charge in [0.1, 0.15) is 5.52 Å². The summed E-state index contributed by atoms with van der Waals surface area (Å²) in [5.74, 6) is 0.368. The summed E-state index contributed by atoms with van der Waals surface area (Å²) in [4.78, 5) is 8.33. The van der Waals surface area contributed by atoms with E-state index in [1.807, 2.05) is 0 Å². The topological polar surface area (TPSA) is 38.9 Å². The van der Waals surface area contributed by atoms with Crippen LogP contribution in [0, 0.1) is 0 Å². The van der Waals surface area contributed by atoms with Crippen LogP contribution in [0.4, 0.5) is 0 Å². The number of halogens is 3. The van der Waals surface area contributed by atoms with Crippen LogP contribution in [0.3, 0.4) is 0 Å². The zero-order chi connectivity index (χ0) is 12.7. The third-order valence-electron chi connectivity index (χ3n) is 2.37. The van der Waals surface area contributed by atoms with Gasteiger partial charge < -0.3 is 4.42 Å². The molecule has 3 nitrogen and oxygen atoms in total. The van der Waals surface area contributed by atoms with Gasteiger partial charge in [-0.25, -0.2) is 9.97 Å². The molecule has 0 bridgehead atoms. The van der Waals surface area contributed by atoms with Crippen LogP contribution < -0.4 is 0 Å². The van der Waals surface area contributed by atoms with Gasteiger partial charge in [0.2, 0.25) is 11.6 Å². The standard InChI is InChI=1S/C12H5Cl3N2O/c13-6-1-2-9(15)8(3-6)11-17-10-4-7(14)5-16-12(10)18-11/h1-5H. The zero-order valence-corrected chi connectivity index (χ0v) is 11.1. The second-order valence-corrected chi connectivity index (χ2v) is 4.90. The Bertz CT molecular complexity index is 739. The number of aromatic nitrogens is 2. The van der Waals surface area contributed by atoms with E-state index in [4.69, 9.17) is 39.2 Å². The molecule has 0 amide bonds. The lowest BCUT2D eigenvalue weighted by Crippen LogP contribution is -1.79. The third kappa shape index (κ3) is 2.05. The zero-order valence-electron chi connectivity index (χ0n) is 8.82. The molecule has 3 aromatic rings. The minimum absolute atomic E-state index is 0.368. The van der Waals surface area contributed by atoms with Gasteiger partial charge in [-0.15, -0.1) is 0 Å². The van der Waals surface area contributed by atoms with Gasteiger partial charge >= 0.3 is 0 Å². The van der Waals surface area contributed by atoms with Crippen LogP contribution in [0.2, 0.25) is 15.1 Å². The first kappa shape index (κ1) is 11.8. The highest BCUT2D eigenvalue weighted by atomic mass is 35.5. The van der Waals surface area contributed by atoms with Gasteiger partial charge in [-0.05, 0) is 24.3 Å². The summed E-state index contributed by atoms with van der Waals surface area (Å²) in [6.07, 6.45) is 1.50. The lowest BCUT2D eigenvalue weighted by Gasteiger charge is -1.99. The summed E-state index contributed by atoms with van der Waals surface area (Å²) in [5.41, 5.74) is 1.61. The molecule has 3 rings (SSSR count). The van der Waals surface area contributed by atoms with Crippen molar-refractivity contribution in [2.24, 2.45) is 0 Å². The number of fused-ring (bicyclic) bond motifs is 1. The fourth-order valence-electron chi connectivity index (χ4n) is 1.58. The van der Waals surface area contributed by atoms with E-state index >= 15 is 0 Å². The molecule has 0 spiro atoms. The van der Waals surface area contributed by atoms with Crippen molar-refractivity contribution in [1.82, 2.24) is 9.97 Å². The van der Waals surface area contributed by atoms with Crippen molar-refractivity contribution in [3.8, 4) is 11.5 Å². The number of rotatable bonds is 1. The van der Waals surface area contributed by atoms with Crippen molar-refractivity contribution >= 4 is 46.0 Å². The molecule has 0 unspecified atom stereocenters. The van der Waals surface area contributed by atoms with Crippen LogP contribution in [0.5, 0.6) is 0 Å². The molecule has 0 fully saturated rings. The van der Waals surface area contributed by atoms with E-state index in [1.54, 1.807) is 24.3 Å². The van der Waals surface area contributed by atoms with Crippen LogP contribution in [0.15, 0.2) is 34.9 Å². The number of pyridine rings is 1. The van der Waals surface area contributed by atoms with Crippen molar-refractivity contribution in [2.75, 3.05) is 0 Å². The molecule has 0 radical (unpaired) electrons. The van der Waals surface area contributed by atoms with Crippen LogP contribution in [0.25, 0.3) is 22.7 Å². The van der Waals surface area contributed by atoms with Crippen LogP contribution in [-0.4, -0.2) is 9.97 Å². The smallest absolute Gasteiger partial charge is 0.247 e. The van der Waals surface area contributed by atoms with Gasteiger partial charge in [0.15, 0.2) is 0 Å². The Morgan fingerprint density at radius 1 is 1.00 bits per heavy atom. The number of nitrogens with zero attached hydrogens (tertiary/aromatic N) is 2. The molecule has 0 atom stereocenters. The van der Waals surface area contributed by atoms with Gasteiger partial charge in [0, 0.05) is 11.2 Å². The SMILES string of the molecule is Clc1ccc(Cl)c(-c2nc3cc(Cl)cnc3o2)c1. The molecule has 90 valence electrons. The monoisotopic (exact) mass is 298 g/mol. The highest BCUT2D eigenvalue weighted by molar-refractivity contribution is 6.35. The molecular formula is C12H5Cl3N2O. The Labute approximate surface area is 117 Å². The molecule has 6 heteroatoms. The number of hydrogen-bond donors (Lipinski definition) is 0. The molecule has 18 heavy (non-hydrogen) atoms. The molecule has 0 aliphatic heterocycles. The van der Waals surface area contributed by atoms with E-state index in [1.165, 1.54) is 6.20 Å². The minimum Gasteiger partial charge on any atom is -0.418 e. The van der Waals surface area contributed by atoms with Gasteiger partial charge in [-0.1, -0.05) is 34.8 Å². The maximum Gasteiger partial charge on any atom is 0.247 e. The molecule has 0 aliphatic rings. The van der Waals surface area contributed by atoms with E-state index in [-0.39, 0.29) is 0 Å².